The Balaban J connectivity index is 1.77. The second-order valence-corrected chi connectivity index (χ2v) is 9.19. The van der Waals surface area contributed by atoms with Crippen LogP contribution in [-0.4, -0.2) is 28.8 Å². The van der Waals surface area contributed by atoms with Gasteiger partial charge in [-0.25, -0.2) is 0 Å². The first-order chi connectivity index (χ1) is 14.4. The number of halogens is 1. The number of carbonyl (C=O) groups is 2. The Morgan fingerprint density at radius 3 is 2.53 bits per heavy atom. The average molecular weight is 471 g/mol. The summed E-state index contributed by atoms with van der Waals surface area (Å²) in [5, 5.41) is 3.18. The van der Waals surface area contributed by atoms with E-state index in [1.165, 1.54) is 6.42 Å². The predicted molar refractivity (Wildman–Crippen MR) is 124 cm³/mol. The zero-order valence-corrected chi connectivity index (χ0v) is 19.5. The fourth-order valence-corrected chi connectivity index (χ4v) is 4.50. The van der Waals surface area contributed by atoms with Crippen molar-refractivity contribution in [2.45, 2.75) is 71.0 Å². The molecule has 1 atom stereocenters. The van der Waals surface area contributed by atoms with Gasteiger partial charge in [0.15, 0.2) is 0 Å². The lowest BCUT2D eigenvalue weighted by Gasteiger charge is -2.31. The van der Waals surface area contributed by atoms with Crippen LogP contribution in [0.3, 0.4) is 0 Å². The summed E-state index contributed by atoms with van der Waals surface area (Å²) in [5.41, 5.74) is 3.09. The van der Waals surface area contributed by atoms with Crippen molar-refractivity contribution in [3.8, 4) is 0 Å². The molecular weight excluding hydrogens is 440 g/mol. The van der Waals surface area contributed by atoms with Gasteiger partial charge < -0.3 is 10.2 Å². The van der Waals surface area contributed by atoms with Gasteiger partial charge in [0.2, 0.25) is 11.8 Å². The van der Waals surface area contributed by atoms with E-state index in [4.69, 9.17) is 0 Å². The number of nitrogens with one attached hydrogen (secondary N) is 1. The summed E-state index contributed by atoms with van der Waals surface area (Å²) in [6, 6.07) is 15.5. The van der Waals surface area contributed by atoms with E-state index in [0.29, 0.717) is 13.0 Å². The summed E-state index contributed by atoms with van der Waals surface area (Å²) in [7, 11) is 0. The molecular formula is C25H31BrN2O2. The summed E-state index contributed by atoms with van der Waals surface area (Å²) in [6.07, 6.45) is 5.91. The van der Waals surface area contributed by atoms with Crippen molar-refractivity contribution in [3.63, 3.8) is 0 Å². The lowest BCUT2D eigenvalue weighted by Crippen LogP contribution is -2.50. The fraction of sp³-hybridized carbons (Fsp3) is 0.440. The van der Waals surface area contributed by atoms with Crippen LogP contribution in [0.4, 0.5) is 0 Å². The first-order valence-corrected chi connectivity index (χ1v) is 11.6. The SMILES string of the molecule is Cc1ccccc1CC(=O)N(Cc1cccc(Br)c1)C(C)C(=O)NC1CCCCC1. The molecule has 1 fully saturated rings. The molecule has 1 unspecified atom stereocenters. The molecule has 0 aromatic heterocycles. The van der Waals surface area contributed by atoms with E-state index in [1.807, 2.05) is 62.4 Å². The van der Waals surface area contributed by atoms with Gasteiger partial charge in [0, 0.05) is 17.1 Å². The highest BCUT2D eigenvalue weighted by atomic mass is 79.9. The number of hydrogen-bond acceptors (Lipinski definition) is 2. The molecule has 2 aromatic carbocycles. The van der Waals surface area contributed by atoms with Crippen LogP contribution in [0.15, 0.2) is 53.0 Å². The minimum absolute atomic E-state index is 0.0319. The van der Waals surface area contributed by atoms with Crippen molar-refractivity contribution in [1.29, 1.82) is 0 Å². The molecule has 0 heterocycles. The van der Waals surface area contributed by atoms with Gasteiger partial charge in [0.25, 0.3) is 0 Å². The van der Waals surface area contributed by atoms with E-state index in [1.54, 1.807) is 4.90 Å². The third-order valence-electron chi connectivity index (χ3n) is 5.96. The summed E-state index contributed by atoms with van der Waals surface area (Å²) >= 11 is 3.50. The molecule has 1 aliphatic carbocycles. The molecule has 0 spiro atoms. The van der Waals surface area contributed by atoms with E-state index in [9.17, 15) is 9.59 Å². The van der Waals surface area contributed by atoms with E-state index in [2.05, 4.69) is 21.2 Å². The Hall–Kier alpha value is -2.14. The molecule has 1 N–H and O–H groups in total. The minimum Gasteiger partial charge on any atom is -0.352 e. The van der Waals surface area contributed by atoms with Crippen LogP contribution in [-0.2, 0) is 22.6 Å². The Kier molecular flexibility index (Phi) is 8.08. The number of nitrogens with zero attached hydrogens (tertiary/aromatic N) is 1. The molecule has 30 heavy (non-hydrogen) atoms. The molecule has 4 nitrogen and oxygen atoms in total. The minimum atomic E-state index is -0.526. The number of benzene rings is 2. The quantitative estimate of drug-likeness (QED) is 0.606. The predicted octanol–water partition coefficient (Wildman–Crippen LogP) is 5.17. The zero-order chi connectivity index (χ0) is 21.5. The highest BCUT2D eigenvalue weighted by Crippen LogP contribution is 2.20. The highest BCUT2D eigenvalue weighted by molar-refractivity contribution is 9.10. The van der Waals surface area contributed by atoms with Gasteiger partial charge in [0.05, 0.1) is 6.42 Å². The van der Waals surface area contributed by atoms with Crippen molar-refractivity contribution in [3.05, 3.63) is 69.7 Å². The van der Waals surface area contributed by atoms with Crippen LogP contribution in [0.5, 0.6) is 0 Å². The lowest BCUT2D eigenvalue weighted by atomic mass is 9.95. The van der Waals surface area contributed by atoms with Crippen LogP contribution < -0.4 is 5.32 Å². The van der Waals surface area contributed by atoms with E-state index in [0.717, 1.165) is 46.8 Å². The second kappa shape index (κ2) is 10.8. The van der Waals surface area contributed by atoms with Gasteiger partial charge >= 0.3 is 0 Å². The molecule has 0 aliphatic heterocycles. The molecule has 3 rings (SSSR count). The number of hydrogen-bond donors (Lipinski definition) is 1. The molecule has 1 aliphatic rings. The molecule has 1 saturated carbocycles. The van der Waals surface area contributed by atoms with Crippen molar-refractivity contribution >= 4 is 27.7 Å². The molecule has 2 amide bonds. The molecule has 0 bridgehead atoms. The van der Waals surface area contributed by atoms with Crippen molar-refractivity contribution in [2.75, 3.05) is 0 Å². The third-order valence-corrected chi connectivity index (χ3v) is 6.46. The van der Waals surface area contributed by atoms with E-state index in [-0.39, 0.29) is 17.9 Å². The van der Waals surface area contributed by atoms with Crippen LogP contribution in [0.2, 0.25) is 0 Å². The third kappa shape index (κ3) is 6.18. The smallest absolute Gasteiger partial charge is 0.242 e. The van der Waals surface area contributed by atoms with Gasteiger partial charge in [0.1, 0.15) is 6.04 Å². The topological polar surface area (TPSA) is 49.4 Å². The van der Waals surface area contributed by atoms with Crippen LogP contribution in [0, 0.1) is 6.92 Å². The van der Waals surface area contributed by atoms with Crippen molar-refractivity contribution in [1.82, 2.24) is 10.2 Å². The molecule has 2 aromatic rings. The maximum atomic E-state index is 13.3. The van der Waals surface area contributed by atoms with E-state index < -0.39 is 6.04 Å². The Labute approximate surface area is 188 Å². The Morgan fingerprint density at radius 1 is 1.10 bits per heavy atom. The molecule has 5 heteroatoms. The lowest BCUT2D eigenvalue weighted by molar-refractivity contribution is -0.140. The first-order valence-electron chi connectivity index (χ1n) is 10.8. The summed E-state index contributed by atoms with van der Waals surface area (Å²) in [6.45, 7) is 4.26. The van der Waals surface area contributed by atoms with Crippen LogP contribution in [0.1, 0.15) is 55.7 Å². The van der Waals surface area contributed by atoms with E-state index >= 15 is 0 Å². The maximum Gasteiger partial charge on any atom is 0.242 e. The Bertz CT molecular complexity index is 877. The monoisotopic (exact) mass is 470 g/mol. The number of rotatable bonds is 7. The normalized spacial score (nSPS) is 15.4. The zero-order valence-electron chi connectivity index (χ0n) is 17.9. The number of carbonyl (C=O) groups excluding carboxylic acids is 2. The molecule has 0 saturated heterocycles. The van der Waals surface area contributed by atoms with Gasteiger partial charge in [-0.1, -0.05) is 71.6 Å². The largest absolute Gasteiger partial charge is 0.352 e. The molecule has 160 valence electrons. The van der Waals surface area contributed by atoms with Gasteiger partial charge in [-0.2, -0.15) is 0 Å². The van der Waals surface area contributed by atoms with Crippen molar-refractivity contribution in [2.24, 2.45) is 0 Å². The van der Waals surface area contributed by atoms with Crippen LogP contribution in [0.25, 0.3) is 0 Å². The summed E-state index contributed by atoms with van der Waals surface area (Å²) < 4.78 is 0.964. The second-order valence-electron chi connectivity index (χ2n) is 8.27. The fourth-order valence-electron chi connectivity index (χ4n) is 4.06. The summed E-state index contributed by atoms with van der Waals surface area (Å²) in [4.78, 5) is 28.1. The average Bonchev–Trinajstić information content (AvgIpc) is 2.74. The number of amides is 2. The van der Waals surface area contributed by atoms with Gasteiger partial charge in [-0.3, -0.25) is 9.59 Å². The molecule has 0 radical (unpaired) electrons. The summed E-state index contributed by atoms with van der Waals surface area (Å²) in [5.74, 6) is -0.0920. The Morgan fingerprint density at radius 2 is 1.83 bits per heavy atom. The van der Waals surface area contributed by atoms with Crippen molar-refractivity contribution < 1.29 is 9.59 Å². The maximum absolute atomic E-state index is 13.3. The van der Waals surface area contributed by atoms with Crippen LogP contribution >= 0.6 is 15.9 Å². The number of aryl methyl sites for hydroxylation is 1. The van der Waals surface area contributed by atoms with Gasteiger partial charge in [-0.15, -0.1) is 0 Å². The highest BCUT2D eigenvalue weighted by Gasteiger charge is 2.28. The standard InChI is InChI=1S/C25H31BrN2O2/c1-18-9-6-7-11-21(18)16-24(29)28(17-20-10-8-12-22(26)15-20)19(2)25(30)27-23-13-4-3-5-14-23/h6-12,15,19,23H,3-5,13-14,16-17H2,1-2H3,(H,27,30). The first kappa shape index (κ1) is 22.5. The van der Waals surface area contributed by atoms with Gasteiger partial charge in [-0.05, 0) is 55.5 Å².